The Labute approximate surface area is 152 Å². The van der Waals surface area contributed by atoms with E-state index >= 15 is 0 Å². The van der Waals surface area contributed by atoms with Gasteiger partial charge in [-0.3, -0.25) is 9.36 Å². The molecule has 3 aromatic rings. The highest BCUT2D eigenvalue weighted by Gasteiger charge is 2.20. The number of nitrogens with zero attached hydrogens (tertiary/aromatic N) is 3. The molecule has 3 rings (SSSR count). The van der Waals surface area contributed by atoms with Crippen molar-refractivity contribution in [2.45, 2.75) is 19.7 Å². The van der Waals surface area contributed by atoms with Crippen LogP contribution >= 0.6 is 0 Å². The molecule has 6 nitrogen and oxygen atoms in total. The average molecular weight is 379 g/mol. The quantitative estimate of drug-likeness (QED) is 0.625. The normalized spacial score (nSPS) is 11.0. The van der Waals surface area contributed by atoms with Crippen LogP contribution in [0.1, 0.15) is 28.7 Å². The summed E-state index contributed by atoms with van der Waals surface area (Å²) < 4.78 is 50.1. The summed E-state index contributed by atoms with van der Waals surface area (Å²) in [6.07, 6.45) is 2.40. The van der Waals surface area contributed by atoms with Crippen LogP contribution in [0.5, 0.6) is 5.75 Å². The van der Waals surface area contributed by atoms with Crippen molar-refractivity contribution >= 4 is 5.91 Å². The van der Waals surface area contributed by atoms with Crippen molar-refractivity contribution < 1.29 is 27.1 Å². The Morgan fingerprint density at radius 2 is 2.00 bits per heavy atom. The summed E-state index contributed by atoms with van der Waals surface area (Å²) in [6.45, 7) is -2.78. The van der Waals surface area contributed by atoms with E-state index in [1.165, 1.54) is 48.5 Å². The standard InChI is InChI=1S/C18H16F3N3O3/c1-23(10-16-22-8-9-24(16)18(20)21)17(25)15-7-6-14(27-15)11-26-13-4-2-12(19)3-5-13/h2-9,18H,10-11H2,1H3. The Bertz CT molecular complexity index is 906. The number of benzene rings is 1. The van der Waals surface area contributed by atoms with Crippen LogP contribution in [-0.4, -0.2) is 27.4 Å². The molecule has 0 fully saturated rings. The van der Waals surface area contributed by atoms with Gasteiger partial charge in [0.25, 0.3) is 5.91 Å². The van der Waals surface area contributed by atoms with Crippen molar-refractivity contribution in [2.75, 3.05) is 7.05 Å². The van der Waals surface area contributed by atoms with E-state index in [4.69, 9.17) is 9.15 Å². The van der Waals surface area contributed by atoms with Gasteiger partial charge in [-0.15, -0.1) is 0 Å². The zero-order valence-corrected chi connectivity index (χ0v) is 14.3. The number of carbonyl (C=O) groups is 1. The second-order valence-corrected chi connectivity index (χ2v) is 5.70. The first kappa shape index (κ1) is 18.6. The second-order valence-electron chi connectivity index (χ2n) is 5.70. The monoisotopic (exact) mass is 379 g/mol. The minimum absolute atomic E-state index is 0.0466. The maximum absolute atomic E-state index is 12.9. The van der Waals surface area contributed by atoms with Gasteiger partial charge in [0.1, 0.15) is 29.8 Å². The van der Waals surface area contributed by atoms with E-state index in [0.717, 1.165) is 6.20 Å². The number of hydrogen-bond acceptors (Lipinski definition) is 4. The summed E-state index contributed by atoms with van der Waals surface area (Å²) in [5.41, 5.74) is 0. The van der Waals surface area contributed by atoms with Crippen LogP contribution in [0.2, 0.25) is 0 Å². The molecule has 0 radical (unpaired) electrons. The van der Waals surface area contributed by atoms with Gasteiger partial charge in [0, 0.05) is 19.4 Å². The third-order valence-corrected chi connectivity index (χ3v) is 3.75. The number of alkyl halides is 2. The molecule has 0 unspecified atom stereocenters. The molecular weight excluding hydrogens is 363 g/mol. The molecular formula is C18H16F3N3O3. The highest BCUT2D eigenvalue weighted by Crippen LogP contribution is 2.17. The number of aromatic nitrogens is 2. The van der Waals surface area contributed by atoms with E-state index in [2.05, 4.69) is 4.98 Å². The van der Waals surface area contributed by atoms with E-state index < -0.39 is 12.5 Å². The third kappa shape index (κ3) is 4.49. The number of rotatable bonds is 7. The molecule has 0 aliphatic rings. The van der Waals surface area contributed by atoms with Gasteiger partial charge in [0.2, 0.25) is 0 Å². The summed E-state index contributed by atoms with van der Waals surface area (Å²) in [5, 5.41) is 0. The van der Waals surface area contributed by atoms with Crippen molar-refractivity contribution in [2.24, 2.45) is 0 Å². The molecule has 27 heavy (non-hydrogen) atoms. The van der Waals surface area contributed by atoms with Crippen LogP contribution < -0.4 is 4.74 Å². The van der Waals surface area contributed by atoms with Gasteiger partial charge in [0.05, 0.1) is 6.54 Å². The summed E-state index contributed by atoms with van der Waals surface area (Å²) in [4.78, 5) is 17.5. The second kappa shape index (κ2) is 7.98. The molecule has 0 bridgehead atoms. The summed E-state index contributed by atoms with van der Waals surface area (Å²) >= 11 is 0. The van der Waals surface area contributed by atoms with E-state index in [9.17, 15) is 18.0 Å². The van der Waals surface area contributed by atoms with Crippen LogP contribution in [-0.2, 0) is 13.2 Å². The zero-order valence-electron chi connectivity index (χ0n) is 14.3. The van der Waals surface area contributed by atoms with Crippen molar-refractivity contribution in [1.29, 1.82) is 0 Å². The van der Waals surface area contributed by atoms with Gasteiger partial charge in [-0.1, -0.05) is 0 Å². The summed E-state index contributed by atoms with van der Waals surface area (Å²) in [5.74, 6) is 0.106. The average Bonchev–Trinajstić information content (AvgIpc) is 3.30. The summed E-state index contributed by atoms with van der Waals surface area (Å²) in [7, 11) is 1.46. The molecule has 1 amide bonds. The smallest absolute Gasteiger partial charge is 0.319 e. The fourth-order valence-electron chi connectivity index (χ4n) is 2.37. The Kier molecular flexibility index (Phi) is 5.49. The third-order valence-electron chi connectivity index (χ3n) is 3.75. The van der Waals surface area contributed by atoms with Crippen molar-refractivity contribution in [3.63, 3.8) is 0 Å². The molecule has 9 heteroatoms. The number of ether oxygens (including phenoxy) is 1. The minimum atomic E-state index is -2.73. The van der Waals surface area contributed by atoms with Gasteiger partial charge in [0.15, 0.2) is 5.76 Å². The highest BCUT2D eigenvalue weighted by molar-refractivity contribution is 5.91. The van der Waals surface area contributed by atoms with Crippen LogP contribution in [0.4, 0.5) is 13.2 Å². The minimum Gasteiger partial charge on any atom is -0.486 e. The van der Waals surface area contributed by atoms with Gasteiger partial charge >= 0.3 is 6.55 Å². The lowest BCUT2D eigenvalue weighted by Gasteiger charge is -2.16. The van der Waals surface area contributed by atoms with Crippen LogP contribution in [0.3, 0.4) is 0 Å². The number of furan rings is 1. The fourth-order valence-corrected chi connectivity index (χ4v) is 2.37. The molecule has 2 heterocycles. The van der Waals surface area contributed by atoms with E-state index in [1.807, 2.05) is 0 Å². The van der Waals surface area contributed by atoms with Crippen molar-refractivity contribution in [3.8, 4) is 5.75 Å². The van der Waals surface area contributed by atoms with Gasteiger partial charge in [-0.2, -0.15) is 8.78 Å². The first-order chi connectivity index (χ1) is 12.9. The molecule has 0 aliphatic carbocycles. The van der Waals surface area contributed by atoms with Crippen LogP contribution in [0.25, 0.3) is 0 Å². The molecule has 0 saturated carbocycles. The van der Waals surface area contributed by atoms with Gasteiger partial charge < -0.3 is 14.1 Å². The topological polar surface area (TPSA) is 60.5 Å². The van der Waals surface area contributed by atoms with Gasteiger partial charge in [-0.25, -0.2) is 9.37 Å². The molecule has 142 valence electrons. The number of amides is 1. The lowest BCUT2D eigenvalue weighted by molar-refractivity contribution is 0.0603. The van der Waals surface area contributed by atoms with Crippen LogP contribution in [0, 0.1) is 5.82 Å². The molecule has 0 saturated heterocycles. The number of halogens is 3. The molecule has 2 aromatic heterocycles. The fraction of sp³-hybridized carbons (Fsp3) is 0.222. The Morgan fingerprint density at radius 1 is 1.26 bits per heavy atom. The lowest BCUT2D eigenvalue weighted by atomic mass is 10.3. The maximum atomic E-state index is 12.9. The number of hydrogen-bond donors (Lipinski definition) is 0. The van der Waals surface area contributed by atoms with E-state index in [-0.39, 0.29) is 30.6 Å². The predicted molar refractivity (Wildman–Crippen MR) is 88.7 cm³/mol. The molecule has 0 atom stereocenters. The SMILES string of the molecule is CN(Cc1nccn1C(F)F)C(=O)c1ccc(COc2ccc(F)cc2)o1. The molecule has 1 aromatic carbocycles. The Hall–Kier alpha value is -3.23. The molecule has 0 N–H and O–H groups in total. The first-order valence-electron chi connectivity index (χ1n) is 7.96. The van der Waals surface area contributed by atoms with Crippen LogP contribution in [0.15, 0.2) is 53.2 Å². The Balaban J connectivity index is 1.60. The van der Waals surface area contributed by atoms with Crippen molar-refractivity contribution in [3.05, 3.63) is 72.0 Å². The predicted octanol–water partition coefficient (Wildman–Crippen LogP) is 3.86. The van der Waals surface area contributed by atoms with Crippen molar-refractivity contribution in [1.82, 2.24) is 14.5 Å². The van der Waals surface area contributed by atoms with E-state index in [0.29, 0.717) is 16.1 Å². The number of carbonyl (C=O) groups excluding carboxylic acids is 1. The zero-order chi connectivity index (χ0) is 19.4. The lowest BCUT2D eigenvalue weighted by Crippen LogP contribution is -2.27. The molecule has 0 aliphatic heterocycles. The highest BCUT2D eigenvalue weighted by atomic mass is 19.3. The first-order valence-corrected chi connectivity index (χ1v) is 7.96. The number of imidazole rings is 1. The largest absolute Gasteiger partial charge is 0.486 e. The van der Waals surface area contributed by atoms with E-state index in [1.54, 1.807) is 6.07 Å². The van der Waals surface area contributed by atoms with Gasteiger partial charge in [-0.05, 0) is 36.4 Å². The maximum Gasteiger partial charge on any atom is 0.319 e. The molecule has 0 spiro atoms. The summed E-state index contributed by atoms with van der Waals surface area (Å²) in [6, 6.07) is 8.54. The Morgan fingerprint density at radius 3 is 2.70 bits per heavy atom.